The van der Waals surface area contributed by atoms with Crippen LogP contribution in [0.15, 0.2) is 48.5 Å². The normalized spacial score (nSPS) is 21.1. The van der Waals surface area contributed by atoms with Crippen LogP contribution in [0.3, 0.4) is 0 Å². The number of hydrogen-bond donors (Lipinski definition) is 2. The van der Waals surface area contributed by atoms with E-state index in [2.05, 4.69) is 10.6 Å². The predicted molar refractivity (Wildman–Crippen MR) is 132 cm³/mol. The van der Waals surface area contributed by atoms with E-state index in [1.807, 2.05) is 70.2 Å². The van der Waals surface area contributed by atoms with Gasteiger partial charge in [-0.3, -0.25) is 14.4 Å². The number of rotatable bonds is 7. The molecule has 3 amide bonds. The van der Waals surface area contributed by atoms with Gasteiger partial charge in [-0.05, 0) is 37.5 Å². The van der Waals surface area contributed by atoms with E-state index < -0.39 is 16.8 Å². The van der Waals surface area contributed by atoms with E-state index in [9.17, 15) is 14.4 Å². The van der Waals surface area contributed by atoms with Crippen molar-refractivity contribution in [2.75, 3.05) is 7.11 Å². The number of para-hydroxylation sites is 1. The van der Waals surface area contributed by atoms with Crippen molar-refractivity contribution in [1.82, 2.24) is 15.5 Å². The molecule has 2 aliphatic heterocycles. The Bertz CT molecular complexity index is 1120. The van der Waals surface area contributed by atoms with Gasteiger partial charge >= 0.3 is 0 Å². The van der Waals surface area contributed by atoms with E-state index in [0.717, 1.165) is 11.1 Å². The summed E-state index contributed by atoms with van der Waals surface area (Å²) in [6.07, 6.45) is 0. The van der Waals surface area contributed by atoms with Crippen LogP contribution in [-0.2, 0) is 16.1 Å². The minimum Gasteiger partial charge on any atom is -0.496 e. The highest BCUT2D eigenvalue weighted by Gasteiger charge is 2.57. The number of nitrogens with zero attached hydrogens (tertiary/aromatic N) is 1. The molecular weight excluding hydrogens is 450 g/mol. The number of thioether (sulfide) groups is 1. The van der Waals surface area contributed by atoms with Crippen molar-refractivity contribution < 1.29 is 19.1 Å². The molecule has 180 valence electrons. The molecule has 0 radical (unpaired) electrons. The van der Waals surface area contributed by atoms with Crippen molar-refractivity contribution in [3.8, 4) is 5.75 Å². The van der Waals surface area contributed by atoms with Crippen LogP contribution in [-0.4, -0.2) is 46.6 Å². The number of nitrogens with one attached hydrogen (secondary N) is 2. The molecule has 3 atom stereocenters. The van der Waals surface area contributed by atoms with Gasteiger partial charge in [-0.1, -0.05) is 50.2 Å². The second-order valence-electron chi connectivity index (χ2n) is 9.54. The summed E-state index contributed by atoms with van der Waals surface area (Å²) in [5.74, 6) is -0.171. The second-order valence-corrected chi connectivity index (χ2v) is 11.3. The highest BCUT2D eigenvalue weighted by atomic mass is 32.2. The van der Waals surface area contributed by atoms with Crippen molar-refractivity contribution in [1.29, 1.82) is 0 Å². The van der Waals surface area contributed by atoms with Crippen LogP contribution < -0.4 is 15.4 Å². The first kappa shape index (κ1) is 24.1. The number of fused-ring (bicyclic) bond motifs is 3. The van der Waals surface area contributed by atoms with Gasteiger partial charge in [0.1, 0.15) is 23.2 Å². The summed E-state index contributed by atoms with van der Waals surface area (Å²) >= 11 is 1.61. The van der Waals surface area contributed by atoms with E-state index in [1.54, 1.807) is 29.8 Å². The second kappa shape index (κ2) is 9.33. The highest BCUT2D eigenvalue weighted by molar-refractivity contribution is 8.01. The predicted octanol–water partition coefficient (Wildman–Crippen LogP) is 3.50. The van der Waals surface area contributed by atoms with E-state index in [4.69, 9.17) is 4.74 Å². The Morgan fingerprint density at radius 2 is 1.79 bits per heavy atom. The molecule has 34 heavy (non-hydrogen) atoms. The zero-order chi connectivity index (χ0) is 24.6. The molecule has 2 heterocycles. The number of carbonyl (C=O) groups is 3. The lowest BCUT2D eigenvalue weighted by atomic mass is 9.98. The SMILES string of the molecule is COc1ccccc1CNC(=O)[C@@H](NC(=O)[C@H]1N2C(=O)c3ccccc3[C@@H]2SC1(C)C)C(C)C. The quantitative estimate of drug-likeness (QED) is 0.632. The molecule has 7 nitrogen and oxygen atoms in total. The Hall–Kier alpha value is -3.00. The Balaban J connectivity index is 1.50. The van der Waals surface area contributed by atoms with Crippen molar-refractivity contribution in [3.05, 3.63) is 65.2 Å². The first-order valence-electron chi connectivity index (χ1n) is 11.4. The number of benzene rings is 2. The molecule has 2 aromatic carbocycles. The van der Waals surface area contributed by atoms with E-state index >= 15 is 0 Å². The van der Waals surface area contributed by atoms with Crippen LogP contribution in [0.4, 0.5) is 0 Å². The number of ether oxygens (including phenoxy) is 1. The molecule has 2 N–H and O–H groups in total. The fraction of sp³-hybridized carbons (Fsp3) is 0.423. The van der Waals surface area contributed by atoms with Crippen LogP contribution in [0, 0.1) is 5.92 Å². The maximum Gasteiger partial charge on any atom is 0.256 e. The molecule has 8 heteroatoms. The molecular formula is C26H31N3O4S. The van der Waals surface area contributed by atoms with E-state index in [0.29, 0.717) is 11.3 Å². The Labute approximate surface area is 204 Å². The molecule has 1 saturated heterocycles. The highest BCUT2D eigenvalue weighted by Crippen LogP contribution is 2.56. The smallest absolute Gasteiger partial charge is 0.256 e. The summed E-state index contributed by atoms with van der Waals surface area (Å²) < 4.78 is 4.85. The number of hydrogen-bond acceptors (Lipinski definition) is 5. The van der Waals surface area contributed by atoms with Crippen LogP contribution >= 0.6 is 11.8 Å². The van der Waals surface area contributed by atoms with Gasteiger partial charge in [0.2, 0.25) is 11.8 Å². The van der Waals surface area contributed by atoms with E-state index in [1.165, 1.54) is 0 Å². The minimum atomic E-state index is -0.734. The minimum absolute atomic E-state index is 0.138. The topological polar surface area (TPSA) is 87.7 Å². The Morgan fingerprint density at radius 3 is 2.50 bits per heavy atom. The Kier molecular flexibility index (Phi) is 6.62. The zero-order valence-electron chi connectivity index (χ0n) is 20.1. The fourth-order valence-corrected chi connectivity index (χ4v) is 6.30. The molecule has 0 aromatic heterocycles. The molecule has 2 aliphatic rings. The van der Waals surface area contributed by atoms with Crippen LogP contribution in [0.1, 0.15) is 54.6 Å². The van der Waals surface area contributed by atoms with Gasteiger partial charge < -0.3 is 20.3 Å². The molecule has 0 unspecified atom stereocenters. The first-order chi connectivity index (χ1) is 16.2. The van der Waals surface area contributed by atoms with Gasteiger partial charge in [0.05, 0.1) is 7.11 Å². The maximum atomic E-state index is 13.6. The van der Waals surface area contributed by atoms with E-state index in [-0.39, 0.29) is 35.6 Å². The molecule has 0 bridgehead atoms. The van der Waals surface area contributed by atoms with Gasteiger partial charge in [0, 0.05) is 22.4 Å². The lowest BCUT2D eigenvalue weighted by Gasteiger charge is -2.32. The lowest BCUT2D eigenvalue weighted by molar-refractivity contribution is -0.132. The maximum absolute atomic E-state index is 13.6. The van der Waals surface area contributed by atoms with Crippen LogP contribution in [0.25, 0.3) is 0 Å². The van der Waals surface area contributed by atoms with Crippen LogP contribution in [0.5, 0.6) is 5.75 Å². The number of methoxy groups -OCH3 is 1. The molecule has 4 rings (SSSR count). The van der Waals surface area contributed by atoms with Gasteiger partial charge in [-0.2, -0.15) is 0 Å². The molecule has 0 spiro atoms. The average Bonchev–Trinajstić information content (AvgIpc) is 3.24. The number of amides is 3. The van der Waals surface area contributed by atoms with Gasteiger partial charge in [-0.15, -0.1) is 11.8 Å². The van der Waals surface area contributed by atoms with Crippen molar-refractivity contribution in [3.63, 3.8) is 0 Å². The third kappa shape index (κ3) is 4.27. The number of carbonyl (C=O) groups excluding carboxylic acids is 3. The van der Waals surface area contributed by atoms with Crippen molar-refractivity contribution in [2.45, 2.75) is 56.4 Å². The summed E-state index contributed by atoms with van der Waals surface area (Å²) in [5.41, 5.74) is 2.43. The average molecular weight is 482 g/mol. The summed E-state index contributed by atoms with van der Waals surface area (Å²) in [6, 6.07) is 13.6. The Morgan fingerprint density at radius 1 is 1.12 bits per heavy atom. The standard InChI is InChI=1S/C26H31N3O4S/c1-15(2)20(22(30)27-14-16-10-6-9-13-19(16)33-5)28-23(31)21-26(3,4)34-25-18-12-8-7-11-17(18)24(32)29(21)25/h6-13,15,20-21,25H,14H2,1-5H3,(H,27,30)(H,28,31)/t20-,21+,25-/m0/s1. The largest absolute Gasteiger partial charge is 0.496 e. The van der Waals surface area contributed by atoms with Gasteiger partial charge in [0.15, 0.2) is 0 Å². The third-order valence-electron chi connectivity index (χ3n) is 6.44. The molecule has 0 aliphatic carbocycles. The van der Waals surface area contributed by atoms with Gasteiger partial charge in [0.25, 0.3) is 5.91 Å². The fourth-order valence-electron chi connectivity index (χ4n) is 4.71. The zero-order valence-corrected chi connectivity index (χ0v) is 20.9. The summed E-state index contributed by atoms with van der Waals surface area (Å²) in [6.45, 7) is 8.02. The monoisotopic (exact) mass is 481 g/mol. The van der Waals surface area contributed by atoms with Crippen molar-refractivity contribution in [2.24, 2.45) is 5.92 Å². The van der Waals surface area contributed by atoms with Crippen LogP contribution in [0.2, 0.25) is 0 Å². The summed E-state index contributed by atoms with van der Waals surface area (Å²) in [5, 5.41) is 5.67. The van der Waals surface area contributed by atoms with Crippen molar-refractivity contribution >= 4 is 29.5 Å². The molecule has 0 saturated carbocycles. The molecule has 1 fully saturated rings. The summed E-state index contributed by atoms with van der Waals surface area (Å²) in [7, 11) is 1.59. The van der Waals surface area contributed by atoms with Gasteiger partial charge in [-0.25, -0.2) is 0 Å². The molecule has 2 aromatic rings. The summed E-state index contributed by atoms with van der Waals surface area (Å²) in [4.78, 5) is 41.5. The third-order valence-corrected chi connectivity index (χ3v) is 7.97. The lowest BCUT2D eigenvalue weighted by Crippen LogP contribution is -2.58. The first-order valence-corrected chi connectivity index (χ1v) is 12.3.